The number of nitrogens with one attached hydrogen (secondary N) is 1. The lowest BCUT2D eigenvalue weighted by atomic mass is 10.1. The average Bonchev–Trinajstić information content (AvgIpc) is 2.43. The Bertz CT molecular complexity index is 626. The smallest absolute Gasteiger partial charge is 0.159 e. The van der Waals surface area contributed by atoms with Gasteiger partial charge >= 0.3 is 0 Å². The molecule has 0 aromatic heterocycles. The first-order chi connectivity index (χ1) is 9.61. The molecular weight excluding hydrogens is 255 g/mol. The minimum atomic E-state index is -0.275. The van der Waals surface area contributed by atoms with Crippen LogP contribution < -0.4 is 11.1 Å². The van der Waals surface area contributed by atoms with Crippen LogP contribution in [0.3, 0.4) is 0 Å². The van der Waals surface area contributed by atoms with Crippen LogP contribution in [0, 0.1) is 5.82 Å². The van der Waals surface area contributed by atoms with Crippen molar-refractivity contribution in [2.45, 2.75) is 13.3 Å². The van der Waals surface area contributed by atoms with Crippen molar-refractivity contribution in [2.75, 3.05) is 11.9 Å². The molecule has 3 nitrogen and oxygen atoms in total. The first-order valence-electron chi connectivity index (χ1n) is 6.47. The Morgan fingerprint density at radius 2 is 2.00 bits per heavy atom. The van der Waals surface area contributed by atoms with Gasteiger partial charge in [-0.3, -0.25) is 4.79 Å². The number of hydrogen-bond donors (Lipinski definition) is 2. The SMILES string of the molecule is CC(=O)c1cccc(Nc2cccc(F)c2CCN)c1. The number of ketones is 1. The van der Waals surface area contributed by atoms with Gasteiger partial charge in [0.25, 0.3) is 0 Å². The van der Waals surface area contributed by atoms with Gasteiger partial charge in [0.2, 0.25) is 0 Å². The van der Waals surface area contributed by atoms with Gasteiger partial charge in [-0.25, -0.2) is 4.39 Å². The molecule has 2 aromatic carbocycles. The zero-order valence-electron chi connectivity index (χ0n) is 11.3. The molecule has 0 fully saturated rings. The van der Waals surface area contributed by atoms with Crippen LogP contribution in [0.2, 0.25) is 0 Å². The third-order valence-corrected chi connectivity index (χ3v) is 3.06. The van der Waals surface area contributed by atoms with E-state index in [4.69, 9.17) is 5.73 Å². The number of carbonyl (C=O) groups excluding carboxylic acids is 1. The zero-order chi connectivity index (χ0) is 14.5. The average molecular weight is 272 g/mol. The molecule has 0 spiro atoms. The summed E-state index contributed by atoms with van der Waals surface area (Å²) in [6.07, 6.45) is 0.460. The molecule has 104 valence electrons. The number of carbonyl (C=O) groups is 1. The summed E-state index contributed by atoms with van der Waals surface area (Å²) < 4.78 is 13.8. The van der Waals surface area contributed by atoms with Gasteiger partial charge in [0.05, 0.1) is 0 Å². The number of Topliss-reactive ketones (excluding diaryl/α,β-unsaturated/α-hetero) is 1. The Balaban J connectivity index is 2.32. The van der Waals surface area contributed by atoms with E-state index in [1.54, 1.807) is 30.3 Å². The van der Waals surface area contributed by atoms with Crippen LogP contribution in [0.15, 0.2) is 42.5 Å². The Hall–Kier alpha value is -2.20. The minimum Gasteiger partial charge on any atom is -0.355 e. The highest BCUT2D eigenvalue weighted by atomic mass is 19.1. The molecule has 0 heterocycles. The van der Waals surface area contributed by atoms with E-state index in [9.17, 15) is 9.18 Å². The summed E-state index contributed by atoms with van der Waals surface area (Å²) in [5.41, 5.74) is 8.12. The van der Waals surface area contributed by atoms with E-state index in [2.05, 4.69) is 5.32 Å². The molecule has 4 heteroatoms. The van der Waals surface area contributed by atoms with Crippen LogP contribution in [0.5, 0.6) is 0 Å². The molecular formula is C16H17FN2O. The van der Waals surface area contributed by atoms with Gasteiger partial charge in [-0.15, -0.1) is 0 Å². The molecule has 2 rings (SSSR count). The number of nitrogens with two attached hydrogens (primary N) is 1. The lowest BCUT2D eigenvalue weighted by Crippen LogP contribution is -2.07. The summed E-state index contributed by atoms with van der Waals surface area (Å²) in [5, 5.41) is 3.15. The topological polar surface area (TPSA) is 55.1 Å². The Morgan fingerprint density at radius 1 is 1.25 bits per heavy atom. The van der Waals surface area contributed by atoms with E-state index in [1.165, 1.54) is 13.0 Å². The fourth-order valence-corrected chi connectivity index (χ4v) is 2.05. The summed E-state index contributed by atoms with van der Waals surface area (Å²) in [7, 11) is 0. The molecule has 0 bridgehead atoms. The molecule has 0 amide bonds. The van der Waals surface area contributed by atoms with E-state index in [1.807, 2.05) is 6.07 Å². The number of rotatable bonds is 5. The van der Waals surface area contributed by atoms with Gasteiger partial charge in [0.1, 0.15) is 5.82 Å². The summed E-state index contributed by atoms with van der Waals surface area (Å²) in [4.78, 5) is 11.4. The van der Waals surface area contributed by atoms with E-state index < -0.39 is 0 Å². The van der Waals surface area contributed by atoms with Crippen molar-refractivity contribution in [1.29, 1.82) is 0 Å². The second kappa shape index (κ2) is 6.30. The molecule has 0 aliphatic carbocycles. The molecule has 0 aliphatic rings. The monoisotopic (exact) mass is 272 g/mol. The maximum Gasteiger partial charge on any atom is 0.159 e. The van der Waals surface area contributed by atoms with Crippen molar-refractivity contribution < 1.29 is 9.18 Å². The first kappa shape index (κ1) is 14.2. The summed E-state index contributed by atoms with van der Waals surface area (Å²) in [6.45, 7) is 1.89. The van der Waals surface area contributed by atoms with E-state index in [0.717, 1.165) is 5.69 Å². The third kappa shape index (κ3) is 3.22. The molecule has 2 aromatic rings. The second-order valence-electron chi connectivity index (χ2n) is 4.57. The van der Waals surface area contributed by atoms with Gasteiger partial charge in [0, 0.05) is 22.5 Å². The van der Waals surface area contributed by atoms with Crippen LogP contribution in [-0.4, -0.2) is 12.3 Å². The number of benzene rings is 2. The number of halogens is 1. The second-order valence-corrected chi connectivity index (χ2v) is 4.57. The van der Waals surface area contributed by atoms with Crippen molar-refractivity contribution in [3.05, 3.63) is 59.4 Å². The number of hydrogen-bond acceptors (Lipinski definition) is 3. The van der Waals surface area contributed by atoms with Gasteiger partial charge in [-0.1, -0.05) is 18.2 Å². The maximum atomic E-state index is 13.8. The fraction of sp³-hybridized carbons (Fsp3) is 0.188. The third-order valence-electron chi connectivity index (χ3n) is 3.06. The van der Waals surface area contributed by atoms with Gasteiger partial charge in [0.15, 0.2) is 5.78 Å². The maximum absolute atomic E-state index is 13.8. The van der Waals surface area contributed by atoms with Gasteiger partial charge < -0.3 is 11.1 Å². The van der Waals surface area contributed by atoms with Gasteiger partial charge in [-0.05, 0) is 44.2 Å². The normalized spacial score (nSPS) is 10.3. The Morgan fingerprint density at radius 3 is 2.70 bits per heavy atom. The molecule has 0 radical (unpaired) electrons. The summed E-state index contributed by atoms with van der Waals surface area (Å²) >= 11 is 0. The van der Waals surface area contributed by atoms with Gasteiger partial charge in [-0.2, -0.15) is 0 Å². The molecule has 20 heavy (non-hydrogen) atoms. The molecule has 0 saturated heterocycles. The molecule has 0 saturated carbocycles. The molecule has 0 atom stereocenters. The Labute approximate surface area is 117 Å². The van der Waals surface area contributed by atoms with E-state index in [-0.39, 0.29) is 11.6 Å². The van der Waals surface area contributed by atoms with E-state index in [0.29, 0.717) is 29.8 Å². The van der Waals surface area contributed by atoms with Crippen molar-refractivity contribution >= 4 is 17.2 Å². The lowest BCUT2D eigenvalue weighted by molar-refractivity contribution is 0.101. The minimum absolute atomic E-state index is 0.00456. The molecule has 0 aliphatic heterocycles. The van der Waals surface area contributed by atoms with Crippen molar-refractivity contribution in [2.24, 2.45) is 5.73 Å². The lowest BCUT2D eigenvalue weighted by Gasteiger charge is -2.13. The number of anilines is 2. The quantitative estimate of drug-likeness (QED) is 0.821. The van der Waals surface area contributed by atoms with Crippen molar-refractivity contribution in [1.82, 2.24) is 0 Å². The van der Waals surface area contributed by atoms with Crippen LogP contribution in [-0.2, 0) is 6.42 Å². The predicted octanol–water partition coefficient (Wildman–Crippen LogP) is 3.27. The zero-order valence-corrected chi connectivity index (χ0v) is 11.3. The summed E-state index contributed by atoms with van der Waals surface area (Å²) in [6, 6.07) is 12.0. The Kier molecular flexibility index (Phi) is 4.48. The van der Waals surface area contributed by atoms with E-state index >= 15 is 0 Å². The summed E-state index contributed by atoms with van der Waals surface area (Å²) in [5.74, 6) is -0.279. The highest BCUT2D eigenvalue weighted by Gasteiger charge is 2.08. The highest BCUT2D eigenvalue weighted by molar-refractivity contribution is 5.95. The highest BCUT2D eigenvalue weighted by Crippen LogP contribution is 2.24. The fourth-order valence-electron chi connectivity index (χ4n) is 2.05. The molecule has 3 N–H and O–H groups in total. The standard InChI is InChI=1S/C16H17FN2O/c1-11(20)12-4-2-5-13(10-12)19-16-7-3-6-15(17)14(16)8-9-18/h2-7,10,19H,8-9,18H2,1H3. The van der Waals surface area contributed by atoms with Crippen LogP contribution in [0.25, 0.3) is 0 Å². The van der Waals surface area contributed by atoms with Crippen LogP contribution in [0.4, 0.5) is 15.8 Å². The largest absolute Gasteiger partial charge is 0.355 e. The van der Waals surface area contributed by atoms with Crippen molar-refractivity contribution in [3.63, 3.8) is 0 Å². The van der Waals surface area contributed by atoms with Crippen LogP contribution >= 0.6 is 0 Å². The molecule has 0 unspecified atom stereocenters. The predicted molar refractivity (Wildman–Crippen MR) is 78.9 cm³/mol. The van der Waals surface area contributed by atoms with Crippen LogP contribution in [0.1, 0.15) is 22.8 Å². The van der Waals surface area contributed by atoms with Crippen molar-refractivity contribution in [3.8, 4) is 0 Å². The first-order valence-corrected chi connectivity index (χ1v) is 6.47.